The summed E-state index contributed by atoms with van der Waals surface area (Å²) in [5, 5.41) is 17.5. The highest BCUT2D eigenvalue weighted by atomic mass is 16.6. The summed E-state index contributed by atoms with van der Waals surface area (Å²) < 4.78 is 13.3. The highest BCUT2D eigenvalue weighted by Crippen LogP contribution is 2.32. The highest BCUT2D eigenvalue weighted by Gasteiger charge is 2.27. The van der Waals surface area contributed by atoms with Gasteiger partial charge in [-0.2, -0.15) is 5.26 Å². The van der Waals surface area contributed by atoms with Crippen molar-refractivity contribution in [1.82, 2.24) is 24.9 Å². The van der Waals surface area contributed by atoms with Crippen molar-refractivity contribution in [2.24, 2.45) is 18.9 Å². The Labute approximate surface area is 194 Å². The molecule has 4 rings (SSSR count). The van der Waals surface area contributed by atoms with Crippen molar-refractivity contribution in [2.45, 2.75) is 64.9 Å². The maximum atomic E-state index is 12.8. The number of carbonyl (C=O) groups is 1. The Balaban J connectivity index is 1.47. The van der Waals surface area contributed by atoms with Crippen LogP contribution < -0.4 is 9.47 Å². The minimum atomic E-state index is -0.392. The molecule has 2 saturated carbocycles. The first kappa shape index (κ1) is 23.0. The second kappa shape index (κ2) is 10.2. The summed E-state index contributed by atoms with van der Waals surface area (Å²) in [5.74, 6) is 1.59. The van der Waals surface area contributed by atoms with E-state index in [-0.39, 0.29) is 17.9 Å². The molecule has 176 valence electrons. The van der Waals surface area contributed by atoms with Crippen LogP contribution in [0, 0.1) is 30.1 Å². The Bertz CT molecular complexity index is 1030. The highest BCUT2D eigenvalue weighted by molar-refractivity contribution is 5.73. The minimum Gasteiger partial charge on any atom is -0.488 e. The second-order valence-electron chi connectivity index (χ2n) is 9.08. The zero-order chi connectivity index (χ0) is 23.4. The van der Waals surface area contributed by atoms with Crippen LogP contribution in [0.3, 0.4) is 0 Å². The average molecular weight is 453 g/mol. The first-order valence-corrected chi connectivity index (χ1v) is 11.9. The number of hydrogen-bond acceptors (Lipinski definition) is 7. The Hall–Kier alpha value is -3.15. The molecule has 2 fully saturated rings. The number of hydrogen-bond donors (Lipinski definition) is 0. The fourth-order valence-corrected chi connectivity index (χ4v) is 4.44. The van der Waals surface area contributed by atoms with E-state index >= 15 is 0 Å². The van der Waals surface area contributed by atoms with Gasteiger partial charge in [-0.1, -0.05) is 11.6 Å². The number of nitriles is 1. The number of nitrogens with zero attached hydrogens (tertiary/aromatic N) is 6. The third-order valence-corrected chi connectivity index (χ3v) is 6.68. The molecular weight excluding hydrogens is 420 g/mol. The third-order valence-electron chi connectivity index (χ3n) is 6.68. The van der Waals surface area contributed by atoms with Gasteiger partial charge in [0.05, 0.1) is 17.5 Å². The van der Waals surface area contributed by atoms with E-state index in [1.807, 2.05) is 19.9 Å². The number of ether oxygens (including phenoxy) is 2. The van der Waals surface area contributed by atoms with Crippen LogP contribution in [0.2, 0.25) is 0 Å². The lowest BCUT2D eigenvalue weighted by molar-refractivity contribution is 0.130. The second-order valence-corrected chi connectivity index (χ2v) is 9.08. The fourth-order valence-electron chi connectivity index (χ4n) is 4.44. The molecule has 0 bridgehead atoms. The molecule has 0 aliphatic heterocycles. The van der Waals surface area contributed by atoms with Crippen molar-refractivity contribution in [3.8, 4) is 29.1 Å². The molecule has 2 heterocycles. The molecule has 2 aromatic rings. The summed E-state index contributed by atoms with van der Waals surface area (Å²) in [6.45, 7) is 5.14. The molecule has 2 atom stereocenters. The fraction of sp³-hybridized carbons (Fsp3) is 0.625. The molecule has 33 heavy (non-hydrogen) atoms. The molecule has 0 spiro atoms. The molecule has 9 nitrogen and oxygen atoms in total. The van der Waals surface area contributed by atoms with Crippen LogP contribution in [0.5, 0.6) is 11.6 Å². The molecule has 0 aromatic carbocycles. The number of aryl methyl sites for hydroxylation is 2. The van der Waals surface area contributed by atoms with E-state index in [4.69, 9.17) is 9.47 Å². The zero-order valence-electron chi connectivity index (χ0n) is 19.7. The van der Waals surface area contributed by atoms with E-state index < -0.39 is 6.09 Å². The van der Waals surface area contributed by atoms with Gasteiger partial charge in [0.15, 0.2) is 5.69 Å². The van der Waals surface area contributed by atoms with Gasteiger partial charge >= 0.3 is 6.09 Å². The maximum absolute atomic E-state index is 12.8. The van der Waals surface area contributed by atoms with Crippen molar-refractivity contribution < 1.29 is 14.3 Å². The molecule has 2 aromatic heterocycles. The number of aromatic nitrogens is 4. The number of rotatable bonds is 7. The zero-order valence-corrected chi connectivity index (χ0v) is 19.7. The lowest BCUT2D eigenvalue weighted by Crippen LogP contribution is -2.39. The third kappa shape index (κ3) is 5.27. The topological polar surface area (TPSA) is 106 Å². The lowest BCUT2D eigenvalue weighted by Gasteiger charge is -2.31. The van der Waals surface area contributed by atoms with E-state index in [0.717, 1.165) is 44.2 Å². The Morgan fingerprint density at radius 2 is 2.06 bits per heavy atom. The average Bonchev–Trinajstić information content (AvgIpc) is 3.14. The van der Waals surface area contributed by atoms with Crippen LogP contribution in [-0.4, -0.2) is 50.2 Å². The van der Waals surface area contributed by atoms with Gasteiger partial charge < -0.3 is 14.4 Å². The molecular formula is C24H32N6O3. The molecule has 1 amide bonds. The van der Waals surface area contributed by atoms with E-state index in [0.29, 0.717) is 36.1 Å². The van der Waals surface area contributed by atoms with Crippen molar-refractivity contribution in [1.29, 1.82) is 5.26 Å². The van der Waals surface area contributed by atoms with Crippen LogP contribution >= 0.6 is 0 Å². The summed E-state index contributed by atoms with van der Waals surface area (Å²) in [4.78, 5) is 19.2. The standard InChI is InChI=1S/C24H32N6O3/c1-4-30(15-17-7-5-8-17)24(31)33-23-22(27-28-29(23)3)20-11-12-21(16(2)26-20)32-19-10-6-9-18(13-19)14-25/h11-12,17-19H,4-10,13,15H2,1-3H3/t18-,19-/m0/s1. The molecule has 0 N–H and O–H groups in total. The van der Waals surface area contributed by atoms with Crippen molar-refractivity contribution in [3.05, 3.63) is 17.8 Å². The Morgan fingerprint density at radius 1 is 1.27 bits per heavy atom. The first-order chi connectivity index (χ1) is 16.0. The molecule has 9 heteroatoms. The van der Waals surface area contributed by atoms with E-state index in [1.54, 1.807) is 18.0 Å². The molecule has 0 unspecified atom stereocenters. The van der Waals surface area contributed by atoms with Gasteiger partial charge in [-0.05, 0) is 64.0 Å². The van der Waals surface area contributed by atoms with Crippen LogP contribution in [0.15, 0.2) is 12.1 Å². The Morgan fingerprint density at radius 3 is 2.73 bits per heavy atom. The van der Waals surface area contributed by atoms with Crippen LogP contribution in [0.25, 0.3) is 11.4 Å². The van der Waals surface area contributed by atoms with Crippen LogP contribution in [0.1, 0.15) is 57.6 Å². The summed E-state index contributed by atoms with van der Waals surface area (Å²) in [7, 11) is 1.69. The first-order valence-electron chi connectivity index (χ1n) is 11.9. The lowest BCUT2D eigenvalue weighted by atomic mass is 9.85. The van der Waals surface area contributed by atoms with Gasteiger partial charge in [0.2, 0.25) is 0 Å². The van der Waals surface area contributed by atoms with E-state index in [1.165, 1.54) is 11.1 Å². The van der Waals surface area contributed by atoms with Gasteiger partial charge in [-0.3, -0.25) is 0 Å². The molecule has 2 aliphatic rings. The number of amides is 1. The van der Waals surface area contributed by atoms with E-state index in [2.05, 4.69) is 21.4 Å². The number of pyridine rings is 1. The molecule has 0 saturated heterocycles. The monoisotopic (exact) mass is 452 g/mol. The molecule has 2 aliphatic carbocycles. The van der Waals surface area contributed by atoms with Gasteiger partial charge in [-0.15, -0.1) is 5.10 Å². The largest absolute Gasteiger partial charge is 0.488 e. The van der Waals surface area contributed by atoms with Crippen molar-refractivity contribution in [3.63, 3.8) is 0 Å². The molecule has 0 radical (unpaired) electrons. The van der Waals surface area contributed by atoms with Crippen molar-refractivity contribution in [2.75, 3.05) is 13.1 Å². The minimum absolute atomic E-state index is 0.0264. The predicted molar refractivity (Wildman–Crippen MR) is 122 cm³/mol. The summed E-state index contributed by atoms with van der Waals surface area (Å²) >= 11 is 0. The number of carbonyl (C=O) groups excluding carboxylic acids is 1. The Kier molecular flexibility index (Phi) is 7.11. The predicted octanol–water partition coefficient (Wildman–Crippen LogP) is 4.27. The van der Waals surface area contributed by atoms with Gasteiger partial charge in [0.1, 0.15) is 11.9 Å². The smallest absolute Gasteiger partial charge is 0.416 e. The van der Waals surface area contributed by atoms with Crippen LogP contribution in [-0.2, 0) is 7.05 Å². The maximum Gasteiger partial charge on any atom is 0.416 e. The normalized spacial score (nSPS) is 20.5. The van der Waals surface area contributed by atoms with Crippen LogP contribution in [0.4, 0.5) is 4.79 Å². The van der Waals surface area contributed by atoms with Gasteiger partial charge in [-0.25, -0.2) is 14.5 Å². The van der Waals surface area contributed by atoms with Crippen molar-refractivity contribution >= 4 is 6.09 Å². The summed E-state index contributed by atoms with van der Waals surface area (Å²) in [5.41, 5.74) is 1.70. The van der Waals surface area contributed by atoms with Gasteiger partial charge in [0.25, 0.3) is 5.88 Å². The summed E-state index contributed by atoms with van der Waals surface area (Å²) in [6, 6.07) is 6.03. The quantitative estimate of drug-likeness (QED) is 0.617. The van der Waals surface area contributed by atoms with E-state index in [9.17, 15) is 10.1 Å². The van der Waals surface area contributed by atoms with Gasteiger partial charge in [0, 0.05) is 32.5 Å². The SMILES string of the molecule is CCN(CC1CCC1)C(=O)Oc1c(-c2ccc(O[C@H]3CCC[C@H](C#N)C3)c(C)n2)nnn1C. The summed E-state index contributed by atoms with van der Waals surface area (Å²) in [6.07, 6.45) is 6.83.